The van der Waals surface area contributed by atoms with Gasteiger partial charge in [0.2, 0.25) is 5.91 Å². The van der Waals surface area contributed by atoms with Crippen molar-refractivity contribution in [1.82, 2.24) is 20.1 Å². The highest BCUT2D eigenvalue weighted by Crippen LogP contribution is 2.28. The lowest BCUT2D eigenvalue weighted by atomic mass is 10.2. The number of carbonyl (C=O) groups is 1. The van der Waals surface area contributed by atoms with Gasteiger partial charge < -0.3 is 5.32 Å². The molecule has 0 atom stereocenters. The minimum absolute atomic E-state index is 0.0516. The first-order chi connectivity index (χ1) is 14.6. The van der Waals surface area contributed by atoms with Crippen molar-refractivity contribution in [3.63, 3.8) is 0 Å². The molecule has 1 aliphatic carbocycles. The van der Waals surface area contributed by atoms with Crippen LogP contribution in [0.4, 0.5) is 0 Å². The zero-order valence-electron chi connectivity index (χ0n) is 16.4. The largest absolute Gasteiger partial charge is 0.356 e. The van der Waals surface area contributed by atoms with E-state index in [9.17, 15) is 4.79 Å². The normalized spacial score (nSPS) is 13.4. The molecule has 0 saturated heterocycles. The third kappa shape index (κ3) is 5.78. The highest BCUT2D eigenvalue weighted by Gasteiger charge is 2.22. The maximum Gasteiger partial charge on any atom is 0.220 e. The lowest BCUT2D eigenvalue weighted by molar-refractivity contribution is -0.121. The first kappa shape index (κ1) is 21.2. The van der Waals surface area contributed by atoms with Gasteiger partial charge in [-0.15, -0.1) is 10.2 Å². The Kier molecular flexibility index (Phi) is 6.97. The molecule has 4 rings (SSSR count). The van der Waals surface area contributed by atoms with Gasteiger partial charge in [-0.2, -0.15) is 0 Å². The molecule has 0 unspecified atom stereocenters. The highest BCUT2D eigenvalue weighted by atomic mass is 35.5. The topological polar surface area (TPSA) is 59.8 Å². The predicted octanol–water partition coefficient (Wildman–Crippen LogP) is 5.33. The van der Waals surface area contributed by atoms with Crippen molar-refractivity contribution in [3.05, 3.63) is 70.0 Å². The van der Waals surface area contributed by atoms with Crippen LogP contribution in [0.2, 0.25) is 10.0 Å². The summed E-state index contributed by atoms with van der Waals surface area (Å²) in [7, 11) is 0. The van der Waals surface area contributed by atoms with Crippen molar-refractivity contribution in [2.45, 2.75) is 36.6 Å². The molecular weight excluding hydrogens is 439 g/mol. The monoisotopic (exact) mass is 460 g/mol. The van der Waals surface area contributed by atoms with Gasteiger partial charge in [0.1, 0.15) is 5.82 Å². The van der Waals surface area contributed by atoms with Gasteiger partial charge in [0.15, 0.2) is 5.16 Å². The summed E-state index contributed by atoms with van der Waals surface area (Å²) in [6, 6.07) is 15.3. The lowest BCUT2D eigenvalue weighted by Crippen LogP contribution is -2.26. The summed E-state index contributed by atoms with van der Waals surface area (Å²) in [6.45, 7) is 0.778. The molecule has 30 heavy (non-hydrogen) atoms. The number of hydrogen-bond donors (Lipinski definition) is 1. The molecule has 1 amide bonds. The van der Waals surface area contributed by atoms with Crippen LogP contribution in [0.1, 0.15) is 30.7 Å². The Balaban J connectivity index is 1.51. The van der Waals surface area contributed by atoms with Crippen LogP contribution < -0.4 is 5.32 Å². The number of nitrogens with zero attached hydrogens (tertiary/aromatic N) is 3. The zero-order chi connectivity index (χ0) is 20.9. The zero-order valence-corrected chi connectivity index (χ0v) is 18.7. The number of nitrogens with one attached hydrogen (secondary N) is 1. The molecule has 8 heteroatoms. The first-order valence-electron chi connectivity index (χ1n) is 9.92. The van der Waals surface area contributed by atoms with Crippen molar-refractivity contribution < 1.29 is 4.79 Å². The molecule has 1 fully saturated rings. The smallest absolute Gasteiger partial charge is 0.220 e. The van der Waals surface area contributed by atoms with E-state index in [1.54, 1.807) is 11.8 Å². The fourth-order valence-corrected chi connectivity index (χ4v) is 4.41. The SMILES string of the molecule is O=C(CCc1nnc(SCc2cccc(Cl)c2)n1-c1cccc(Cl)c1)NCC1CC1. The van der Waals surface area contributed by atoms with Gasteiger partial charge in [-0.3, -0.25) is 9.36 Å². The van der Waals surface area contributed by atoms with Crippen LogP contribution >= 0.6 is 35.0 Å². The van der Waals surface area contributed by atoms with Crippen LogP contribution in [0.3, 0.4) is 0 Å². The Morgan fingerprint density at radius 3 is 2.60 bits per heavy atom. The molecule has 156 valence electrons. The minimum atomic E-state index is 0.0516. The summed E-state index contributed by atoms with van der Waals surface area (Å²) in [5.41, 5.74) is 1.99. The Bertz CT molecular complexity index is 1040. The number of rotatable bonds is 9. The number of halogens is 2. The summed E-state index contributed by atoms with van der Waals surface area (Å²) in [4.78, 5) is 12.2. The van der Waals surface area contributed by atoms with Crippen molar-refractivity contribution in [2.24, 2.45) is 5.92 Å². The van der Waals surface area contributed by atoms with E-state index in [-0.39, 0.29) is 5.91 Å². The van der Waals surface area contributed by atoms with E-state index in [0.29, 0.717) is 34.6 Å². The molecule has 0 spiro atoms. The summed E-state index contributed by atoms with van der Waals surface area (Å²) < 4.78 is 1.98. The van der Waals surface area contributed by atoms with Crippen LogP contribution in [0.15, 0.2) is 53.7 Å². The second kappa shape index (κ2) is 9.86. The molecule has 1 N–H and O–H groups in total. The van der Waals surface area contributed by atoms with E-state index < -0.39 is 0 Å². The van der Waals surface area contributed by atoms with Gasteiger partial charge in [-0.05, 0) is 54.7 Å². The van der Waals surface area contributed by atoms with Gasteiger partial charge in [0.25, 0.3) is 0 Å². The maximum atomic E-state index is 12.2. The number of benzene rings is 2. The fourth-order valence-electron chi connectivity index (χ4n) is 3.10. The van der Waals surface area contributed by atoms with Crippen molar-refractivity contribution >= 4 is 40.9 Å². The second-order valence-electron chi connectivity index (χ2n) is 7.38. The predicted molar refractivity (Wildman–Crippen MR) is 121 cm³/mol. The van der Waals surface area contributed by atoms with Crippen molar-refractivity contribution in [3.8, 4) is 5.69 Å². The van der Waals surface area contributed by atoms with Gasteiger partial charge >= 0.3 is 0 Å². The molecule has 1 aliphatic rings. The molecule has 2 aromatic carbocycles. The number of carbonyl (C=O) groups excluding carboxylic acids is 1. The average Bonchev–Trinajstić information content (AvgIpc) is 3.47. The van der Waals surface area contributed by atoms with Gasteiger partial charge in [0.05, 0.1) is 5.69 Å². The maximum absolute atomic E-state index is 12.2. The standard InChI is InChI=1S/C22H22Cl2N4OS/c23-17-4-1-3-16(11-17)14-30-22-27-26-20(9-10-21(29)25-13-15-7-8-15)28(22)19-6-2-5-18(24)12-19/h1-6,11-12,15H,7-10,13-14H2,(H,25,29). The molecule has 1 aromatic heterocycles. The van der Waals surface area contributed by atoms with Gasteiger partial charge in [-0.1, -0.05) is 53.2 Å². The van der Waals surface area contributed by atoms with E-state index in [1.807, 2.05) is 53.1 Å². The molecule has 1 saturated carbocycles. The number of hydrogen-bond acceptors (Lipinski definition) is 4. The molecule has 0 bridgehead atoms. The fraction of sp³-hybridized carbons (Fsp3) is 0.318. The van der Waals surface area contributed by atoms with Crippen molar-refractivity contribution in [2.75, 3.05) is 6.54 Å². The van der Waals surface area contributed by atoms with E-state index in [0.717, 1.165) is 28.8 Å². The quantitative estimate of drug-likeness (QED) is 0.438. The van der Waals surface area contributed by atoms with Crippen LogP contribution in [-0.4, -0.2) is 27.2 Å². The summed E-state index contributed by atoms with van der Waals surface area (Å²) in [5.74, 6) is 2.17. The molecular formula is C22H22Cl2N4OS. The Labute approximate surface area is 190 Å². The van der Waals surface area contributed by atoms with Crippen LogP contribution in [0.25, 0.3) is 5.69 Å². The molecule has 0 aliphatic heterocycles. The van der Waals surface area contributed by atoms with Crippen LogP contribution in [0.5, 0.6) is 0 Å². The van der Waals surface area contributed by atoms with E-state index in [1.165, 1.54) is 12.8 Å². The third-order valence-electron chi connectivity index (χ3n) is 4.88. The second-order valence-corrected chi connectivity index (χ2v) is 9.20. The molecule has 5 nitrogen and oxygen atoms in total. The average molecular weight is 461 g/mol. The molecule has 3 aromatic rings. The lowest BCUT2D eigenvalue weighted by Gasteiger charge is -2.11. The third-order valence-corrected chi connectivity index (χ3v) is 6.35. The van der Waals surface area contributed by atoms with Crippen LogP contribution in [0, 0.1) is 5.92 Å². The first-order valence-corrected chi connectivity index (χ1v) is 11.7. The Morgan fingerprint density at radius 1 is 1.10 bits per heavy atom. The van der Waals surface area contributed by atoms with E-state index >= 15 is 0 Å². The molecule has 0 radical (unpaired) electrons. The number of aromatic nitrogens is 3. The molecule has 1 heterocycles. The van der Waals surface area contributed by atoms with Crippen molar-refractivity contribution in [1.29, 1.82) is 0 Å². The summed E-state index contributed by atoms with van der Waals surface area (Å²) in [5, 5.41) is 13.9. The van der Waals surface area contributed by atoms with E-state index in [4.69, 9.17) is 23.2 Å². The number of amides is 1. The van der Waals surface area contributed by atoms with Crippen LogP contribution in [-0.2, 0) is 17.0 Å². The summed E-state index contributed by atoms with van der Waals surface area (Å²) >= 11 is 13.9. The number of thioether (sulfide) groups is 1. The van der Waals surface area contributed by atoms with E-state index in [2.05, 4.69) is 15.5 Å². The Morgan fingerprint density at radius 2 is 1.87 bits per heavy atom. The Hall–Kier alpha value is -2.02. The van der Waals surface area contributed by atoms with Gasteiger partial charge in [0, 0.05) is 35.2 Å². The summed E-state index contributed by atoms with van der Waals surface area (Å²) in [6.07, 6.45) is 3.32. The minimum Gasteiger partial charge on any atom is -0.356 e. The number of aryl methyl sites for hydroxylation is 1. The highest BCUT2D eigenvalue weighted by molar-refractivity contribution is 7.98. The van der Waals surface area contributed by atoms with Gasteiger partial charge in [-0.25, -0.2) is 0 Å².